The highest BCUT2D eigenvalue weighted by Gasteiger charge is 2.07. The van der Waals surface area contributed by atoms with E-state index in [0.717, 1.165) is 21.7 Å². The van der Waals surface area contributed by atoms with Crippen molar-refractivity contribution in [3.8, 4) is 5.75 Å². The molecule has 2 heterocycles. The van der Waals surface area contributed by atoms with E-state index in [-0.39, 0.29) is 18.2 Å². The van der Waals surface area contributed by atoms with Gasteiger partial charge in [-0.1, -0.05) is 6.07 Å². The minimum absolute atomic E-state index is 0. The van der Waals surface area contributed by atoms with Crippen LogP contribution in [-0.4, -0.2) is 15.1 Å². The highest BCUT2D eigenvalue weighted by atomic mass is 35.5. The molecule has 6 heteroatoms. The van der Waals surface area contributed by atoms with E-state index >= 15 is 0 Å². The second-order valence-electron chi connectivity index (χ2n) is 3.97. The van der Waals surface area contributed by atoms with Crippen molar-refractivity contribution in [2.24, 2.45) is 0 Å². The smallest absolute Gasteiger partial charge is 0.142 e. The number of phenolic OH excluding ortho intramolecular Hbond substituents is 1. The Morgan fingerprint density at radius 1 is 1.21 bits per heavy atom. The van der Waals surface area contributed by atoms with Gasteiger partial charge in [0.1, 0.15) is 22.7 Å². The van der Waals surface area contributed by atoms with E-state index in [1.807, 2.05) is 13.0 Å². The second-order valence-corrected chi connectivity index (χ2v) is 5.21. The first kappa shape index (κ1) is 13.6. The van der Waals surface area contributed by atoms with Crippen LogP contribution >= 0.6 is 11.3 Å². The van der Waals surface area contributed by atoms with E-state index in [9.17, 15) is 5.11 Å². The fourth-order valence-electron chi connectivity index (χ4n) is 1.80. The van der Waals surface area contributed by atoms with Crippen molar-refractivity contribution in [1.82, 2.24) is 9.97 Å². The third-order valence-electron chi connectivity index (χ3n) is 2.56. The van der Waals surface area contributed by atoms with Gasteiger partial charge in [0.25, 0.3) is 0 Å². The highest BCUT2D eigenvalue weighted by Crippen LogP contribution is 2.29. The summed E-state index contributed by atoms with van der Waals surface area (Å²) in [5.41, 5.74) is 0.804. The maximum absolute atomic E-state index is 9.44. The van der Waals surface area contributed by atoms with Gasteiger partial charge in [0.05, 0.1) is 5.39 Å². The summed E-state index contributed by atoms with van der Waals surface area (Å²) in [5.74, 6) is 0.988. The molecular weight excluding hydrogens is 282 g/mol. The molecule has 0 spiro atoms. The number of thiophene rings is 1. The summed E-state index contributed by atoms with van der Waals surface area (Å²) in [5, 5.41) is 13.6. The zero-order chi connectivity index (χ0) is 12.5. The summed E-state index contributed by atoms with van der Waals surface area (Å²) in [6.07, 6.45) is 1.55. The number of aromatic nitrogens is 2. The van der Waals surface area contributed by atoms with Gasteiger partial charge in [-0.2, -0.15) is 0 Å². The standard InChI is InChI=1S/C13H11N3OS.ClH/c1-8-5-11-12(14-7-15-13(11)18-8)16-9-3-2-4-10(17)6-9;/h2-7,17H,1H3,(H,14,15,16);1H/p-1. The second kappa shape index (κ2) is 5.42. The SMILES string of the molecule is Cc1cc2c(Nc3cccc(O)c3)ncnc2s1.[Cl-]. The number of anilines is 2. The van der Waals surface area contributed by atoms with Gasteiger partial charge in [0.15, 0.2) is 0 Å². The molecule has 19 heavy (non-hydrogen) atoms. The zero-order valence-corrected chi connectivity index (χ0v) is 11.7. The van der Waals surface area contributed by atoms with Gasteiger partial charge in [-0.3, -0.25) is 0 Å². The van der Waals surface area contributed by atoms with Gasteiger partial charge < -0.3 is 22.8 Å². The van der Waals surface area contributed by atoms with Gasteiger partial charge in [-0.25, -0.2) is 9.97 Å². The molecule has 0 radical (unpaired) electrons. The number of fused-ring (bicyclic) bond motifs is 1. The lowest BCUT2D eigenvalue weighted by Crippen LogP contribution is -3.00. The number of benzene rings is 1. The summed E-state index contributed by atoms with van der Waals surface area (Å²) in [6, 6.07) is 9.02. The van der Waals surface area contributed by atoms with Crippen LogP contribution in [-0.2, 0) is 0 Å². The molecule has 0 aliphatic carbocycles. The van der Waals surface area contributed by atoms with E-state index in [0.29, 0.717) is 0 Å². The Hall–Kier alpha value is -1.85. The third-order valence-corrected chi connectivity index (χ3v) is 3.52. The van der Waals surface area contributed by atoms with E-state index in [4.69, 9.17) is 0 Å². The average molecular weight is 293 g/mol. The Labute approximate surface area is 120 Å². The van der Waals surface area contributed by atoms with E-state index in [1.165, 1.54) is 4.88 Å². The molecule has 0 saturated heterocycles. The van der Waals surface area contributed by atoms with E-state index in [1.54, 1.807) is 35.9 Å². The van der Waals surface area contributed by atoms with Crippen LogP contribution in [0.25, 0.3) is 10.2 Å². The summed E-state index contributed by atoms with van der Waals surface area (Å²) in [4.78, 5) is 10.6. The van der Waals surface area contributed by atoms with Crippen molar-refractivity contribution in [3.05, 3.63) is 41.5 Å². The van der Waals surface area contributed by atoms with Crippen LogP contribution in [0.1, 0.15) is 4.88 Å². The maximum atomic E-state index is 9.44. The van der Waals surface area contributed by atoms with Crippen molar-refractivity contribution in [2.45, 2.75) is 6.92 Å². The van der Waals surface area contributed by atoms with Crippen LogP contribution in [0.4, 0.5) is 11.5 Å². The zero-order valence-electron chi connectivity index (χ0n) is 10.1. The lowest BCUT2D eigenvalue weighted by atomic mass is 10.3. The van der Waals surface area contributed by atoms with Crippen molar-refractivity contribution in [2.75, 3.05) is 5.32 Å². The quantitative estimate of drug-likeness (QED) is 0.720. The lowest BCUT2D eigenvalue weighted by molar-refractivity contribution is -0.00000472. The highest BCUT2D eigenvalue weighted by molar-refractivity contribution is 7.18. The predicted molar refractivity (Wildman–Crippen MR) is 73.5 cm³/mol. The molecule has 0 aliphatic heterocycles. The first-order valence-electron chi connectivity index (χ1n) is 5.49. The molecule has 3 aromatic rings. The van der Waals surface area contributed by atoms with Crippen molar-refractivity contribution in [3.63, 3.8) is 0 Å². The molecule has 0 aliphatic rings. The monoisotopic (exact) mass is 292 g/mol. The third kappa shape index (κ3) is 2.77. The summed E-state index contributed by atoms with van der Waals surface area (Å²) < 4.78 is 0. The van der Waals surface area contributed by atoms with Gasteiger partial charge in [0.2, 0.25) is 0 Å². The summed E-state index contributed by atoms with van der Waals surface area (Å²) >= 11 is 1.64. The molecule has 0 fully saturated rings. The first-order valence-corrected chi connectivity index (χ1v) is 6.31. The van der Waals surface area contributed by atoms with E-state index in [2.05, 4.69) is 21.4 Å². The van der Waals surface area contributed by atoms with Gasteiger partial charge >= 0.3 is 0 Å². The van der Waals surface area contributed by atoms with Crippen LogP contribution in [0.3, 0.4) is 0 Å². The lowest BCUT2D eigenvalue weighted by Gasteiger charge is -2.06. The minimum atomic E-state index is 0. The molecule has 2 aromatic heterocycles. The number of rotatable bonds is 2. The minimum Gasteiger partial charge on any atom is -1.00 e. The van der Waals surface area contributed by atoms with Gasteiger partial charge in [0, 0.05) is 16.6 Å². The molecule has 2 N–H and O–H groups in total. The normalized spacial score (nSPS) is 10.2. The van der Waals surface area contributed by atoms with Crippen molar-refractivity contribution >= 4 is 33.1 Å². The summed E-state index contributed by atoms with van der Waals surface area (Å²) in [6.45, 7) is 2.05. The van der Waals surface area contributed by atoms with Crippen LogP contribution in [0.5, 0.6) is 5.75 Å². The molecular formula is C13H11ClN3OS-. The number of phenols is 1. The van der Waals surface area contributed by atoms with Crippen molar-refractivity contribution in [1.29, 1.82) is 0 Å². The van der Waals surface area contributed by atoms with Crippen LogP contribution < -0.4 is 17.7 Å². The Balaban J connectivity index is 0.00000133. The fraction of sp³-hybridized carbons (Fsp3) is 0.0769. The molecule has 98 valence electrons. The largest absolute Gasteiger partial charge is 1.00 e. The van der Waals surface area contributed by atoms with Crippen LogP contribution in [0.2, 0.25) is 0 Å². The van der Waals surface area contributed by atoms with E-state index < -0.39 is 0 Å². The molecule has 0 bridgehead atoms. The Morgan fingerprint density at radius 3 is 2.84 bits per heavy atom. The maximum Gasteiger partial charge on any atom is 0.142 e. The first-order chi connectivity index (χ1) is 8.72. The molecule has 4 nitrogen and oxygen atoms in total. The summed E-state index contributed by atoms with van der Waals surface area (Å²) in [7, 11) is 0. The van der Waals surface area contributed by atoms with Crippen LogP contribution in [0.15, 0.2) is 36.7 Å². The van der Waals surface area contributed by atoms with Gasteiger partial charge in [-0.05, 0) is 25.1 Å². The topological polar surface area (TPSA) is 58.0 Å². The Bertz CT molecular complexity index is 714. The molecule has 0 amide bonds. The van der Waals surface area contributed by atoms with Gasteiger partial charge in [-0.15, -0.1) is 11.3 Å². The average Bonchev–Trinajstić information content (AvgIpc) is 2.71. The number of halogens is 1. The number of aromatic hydroxyl groups is 1. The predicted octanol–water partition coefficient (Wildman–Crippen LogP) is 0.453. The molecule has 3 rings (SSSR count). The number of aryl methyl sites for hydroxylation is 1. The number of hydrogen-bond acceptors (Lipinski definition) is 5. The number of nitrogens with one attached hydrogen (secondary N) is 1. The molecule has 1 aromatic carbocycles. The molecule has 0 unspecified atom stereocenters. The Kier molecular flexibility index (Phi) is 3.87. The number of nitrogens with zero attached hydrogens (tertiary/aromatic N) is 2. The fourth-order valence-corrected chi connectivity index (χ4v) is 2.64. The number of hydrogen-bond donors (Lipinski definition) is 2. The van der Waals surface area contributed by atoms with Crippen molar-refractivity contribution < 1.29 is 17.5 Å². The molecule has 0 saturated carbocycles. The Morgan fingerprint density at radius 2 is 2.05 bits per heavy atom. The van der Waals surface area contributed by atoms with Crippen LogP contribution in [0, 0.1) is 6.92 Å². The molecule has 0 atom stereocenters.